The zero-order valence-corrected chi connectivity index (χ0v) is 15.7. The SMILES string of the molecule is Cn1c(NCC2CC2)ncc(-c2ccc(OCc3ccccc3)c(F)c2)c1=O. The number of aromatic nitrogens is 2. The summed E-state index contributed by atoms with van der Waals surface area (Å²) in [6, 6.07) is 14.1. The lowest BCUT2D eigenvalue weighted by molar-refractivity contribution is 0.290. The Kier molecular flexibility index (Phi) is 5.10. The molecule has 4 rings (SSSR count). The summed E-state index contributed by atoms with van der Waals surface area (Å²) in [5.41, 5.74) is 1.57. The van der Waals surface area contributed by atoms with E-state index in [0.29, 0.717) is 23.0 Å². The van der Waals surface area contributed by atoms with Crippen LogP contribution in [0.4, 0.5) is 10.3 Å². The second kappa shape index (κ2) is 7.84. The van der Waals surface area contributed by atoms with Crippen molar-refractivity contribution in [2.75, 3.05) is 11.9 Å². The van der Waals surface area contributed by atoms with Gasteiger partial charge in [-0.2, -0.15) is 0 Å². The van der Waals surface area contributed by atoms with Crippen LogP contribution >= 0.6 is 0 Å². The van der Waals surface area contributed by atoms with Gasteiger partial charge in [0.15, 0.2) is 11.6 Å². The zero-order chi connectivity index (χ0) is 19.5. The molecule has 1 saturated carbocycles. The summed E-state index contributed by atoms with van der Waals surface area (Å²) < 4.78 is 21.5. The molecule has 0 saturated heterocycles. The first-order valence-electron chi connectivity index (χ1n) is 9.38. The van der Waals surface area contributed by atoms with Crippen molar-refractivity contribution in [1.82, 2.24) is 9.55 Å². The van der Waals surface area contributed by atoms with Crippen molar-refractivity contribution in [3.63, 3.8) is 0 Å². The molecule has 1 aromatic heterocycles. The van der Waals surface area contributed by atoms with Crippen molar-refractivity contribution in [3.05, 3.63) is 76.5 Å². The largest absolute Gasteiger partial charge is 0.486 e. The summed E-state index contributed by atoms with van der Waals surface area (Å²) in [5, 5.41) is 3.20. The van der Waals surface area contributed by atoms with Crippen LogP contribution in [0.1, 0.15) is 18.4 Å². The standard InChI is InChI=1S/C22H22FN3O2/c1-26-21(27)18(13-25-22(26)24-12-15-7-8-15)17-9-10-20(19(23)11-17)28-14-16-5-3-2-4-6-16/h2-6,9-11,13,15H,7-8,12,14H2,1H3,(H,24,25). The van der Waals surface area contributed by atoms with Gasteiger partial charge >= 0.3 is 0 Å². The molecule has 0 amide bonds. The fourth-order valence-corrected chi connectivity index (χ4v) is 2.98. The highest BCUT2D eigenvalue weighted by Crippen LogP contribution is 2.29. The molecule has 1 N–H and O–H groups in total. The van der Waals surface area contributed by atoms with E-state index in [0.717, 1.165) is 12.1 Å². The van der Waals surface area contributed by atoms with Crippen molar-refractivity contribution >= 4 is 5.95 Å². The van der Waals surface area contributed by atoms with E-state index < -0.39 is 5.82 Å². The second-order valence-corrected chi connectivity index (χ2v) is 7.10. The van der Waals surface area contributed by atoms with Gasteiger partial charge < -0.3 is 10.1 Å². The second-order valence-electron chi connectivity index (χ2n) is 7.10. The van der Waals surface area contributed by atoms with Gasteiger partial charge in [-0.15, -0.1) is 0 Å². The van der Waals surface area contributed by atoms with Gasteiger partial charge in [-0.3, -0.25) is 9.36 Å². The molecule has 0 bridgehead atoms. The summed E-state index contributed by atoms with van der Waals surface area (Å²) in [5.74, 6) is 0.851. The van der Waals surface area contributed by atoms with Gasteiger partial charge in [-0.1, -0.05) is 36.4 Å². The van der Waals surface area contributed by atoms with Crippen molar-refractivity contribution in [1.29, 1.82) is 0 Å². The maximum Gasteiger partial charge on any atom is 0.262 e. The quantitative estimate of drug-likeness (QED) is 0.674. The molecule has 0 spiro atoms. The topological polar surface area (TPSA) is 56.1 Å². The summed E-state index contributed by atoms with van der Waals surface area (Å²) in [6.07, 6.45) is 3.94. The van der Waals surface area contributed by atoms with Crippen molar-refractivity contribution in [3.8, 4) is 16.9 Å². The van der Waals surface area contributed by atoms with Crippen LogP contribution in [-0.2, 0) is 13.7 Å². The Hall–Kier alpha value is -3.15. The summed E-state index contributed by atoms with van der Waals surface area (Å²) in [4.78, 5) is 17.0. The van der Waals surface area contributed by atoms with Gasteiger partial charge in [0.1, 0.15) is 6.61 Å². The minimum absolute atomic E-state index is 0.153. The number of hydrogen-bond donors (Lipinski definition) is 1. The van der Waals surface area contributed by atoms with Gasteiger partial charge in [-0.05, 0) is 42.0 Å². The molecule has 3 aromatic rings. The van der Waals surface area contributed by atoms with Crippen LogP contribution in [0, 0.1) is 11.7 Å². The van der Waals surface area contributed by atoms with E-state index >= 15 is 0 Å². The average molecular weight is 379 g/mol. The lowest BCUT2D eigenvalue weighted by Crippen LogP contribution is -2.24. The fourth-order valence-electron chi connectivity index (χ4n) is 2.98. The molecule has 2 aromatic carbocycles. The highest BCUT2D eigenvalue weighted by Gasteiger charge is 2.21. The minimum Gasteiger partial charge on any atom is -0.486 e. The third-order valence-electron chi connectivity index (χ3n) is 4.89. The number of rotatable bonds is 7. The predicted molar refractivity (Wildman–Crippen MR) is 107 cm³/mol. The van der Waals surface area contributed by atoms with Crippen LogP contribution in [0.2, 0.25) is 0 Å². The molecule has 6 heteroatoms. The Morgan fingerprint density at radius 1 is 1.21 bits per heavy atom. The molecule has 144 valence electrons. The van der Waals surface area contributed by atoms with E-state index in [1.165, 1.54) is 29.7 Å². The number of benzene rings is 2. The molecular formula is C22H22FN3O2. The van der Waals surface area contributed by atoms with Gasteiger partial charge in [0, 0.05) is 19.8 Å². The number of nitrogens with one attached hydrogen (secondary N) is 1. The van der Waals surface area contributed by atoms with E-state index in [-0.39, 0.29) is 17.9 Å². The Labute approximate surface area is 162 Å². The van der Waals surface area contributed by atoms with E-state index in [2.05, 4.69) is 10.3 Å². The normalized spacial score (nSPS) is 13.4. The number of halogens is 1. The van der Waals surface area contributed by atoms with Gasteiger partial charge in [0.2, 0.25) is 5.95 Å². The fraction of sp³-hybridized carbons (Fsp3) is 0.273. The molecule has 5 nitrogen and oxygen atoms in total. The molecule has 1 aliphatic rings. The van der Waals surface area contributed by atoms with Crippen LogP contribution in [0.5, 0.6) is 5.75 Å². The Morgan fingerprint density at radius 3 is 2.71 bits per heavy atom. The van der Waals surface area contributed by atoms with E-state index in [4.69, 9.17) is 4.74 Å². The summed E-state index contributed by atoms with van der Waals surface area (Å²) in [6.45, 7) is 1.10. The van der Waals surface area contributed by atoms with Gasteiger partial charge in [0.05, 0.1) is 5.56 Å². The third-order valence-corrected chi connectivity index (χ3v) is 4.89. The molecule has 1 fully saturated rings. The number of anilines is 1. The van der Waals surface area contributed by atoms with Crippen molar-refractivity contribution in [2.24, 2.45) is 13.0 Å². The Morgan fingerprint density at radius 2 is 2.00 bits per heavy atom. The first-order valence-corrected chi connectivity index (χ1v) is 9.38. The van der Waals surface area contributed by atoms with Gasteiger partial charge in [0.25, 0.3) is 5.56 Å². The highest BCUT2D eigenvalue weighted by molar-refractivity contribution is 5.63. The van der Waals surface area contributed by atoms with Crippen LogP contribution in [-0.4, -0.2) is 16.1 Å². The third kappa shape index (κ3) is 4.06. The molecule has 0 aliphatic heterocycles. The van der Waals surface area contributed by atoms with E-state index in [9.17, 15) is 9.18 Å². The maximum absolute atomic E-state index is 14.5. The number of ether oxygens (including phenoxy) is 1. The summed E-state index contributed by atoms with van der Waals surface area (Å²) in [7, 11) is 1.67. The molecular weight excluding hydrogens is 357 g/mol. The van der Waals surface area contributed by atoms with Crippen LogP contribution in [0.15, 0.2) is 59.5 Å². The number of nitrogens with zero attached hydrogens (tertiary/aromatic N) is 2. The Balaban J connectivity index is 1.51. The van der Waals surface area contributed by atoms with Crippen molar-refractivity contribution < 1.29 is 9.13 Å². The van der Waals surface area contributed by atoms with E-state index in [1.54, 1.807) is 19.2 Å². The lowest BCUT2D eigenvalue weighted by Gasteiger charge is -2.12. The molecule has 1 aliphatic carbocycles. The van der Waals surface area contributed by atoms with E-state index in [1.807, 2.05) is 30.3 Å². The predicted octanol–water partition coefficient (Wildman–Crippen LogP) is 3.99. The highest BCUT2D eigenvalue weighted by atomic mass is 19.1. The monoisotopic (exact) mass is 379 g/mol. The maximum atomic E-state index is 14.5. The van der Waals surface area contributed by atoms with Crippen LogP contribution < -0.4 is 15.6 Å². The molecule has 1 heterocycles. The summed E-state index contributed by atoms with van der Waals surface area (Å²) >= 11 is 0. The van der Waals surface area contributed by atoms with Crippen molar-refractivity contribution in [2.45, 2.75) is 19.4 Å². The number of hydrogen-bond acceptors (Lipinski definition) is 4. The molecule has 28 heavy (non-hydrogen) atoms. The average Bonchev–Trinajstić information content (AvgIpc) is 3.53. The minimum atomic E-state index is -0.508. The van der Waals surface area contributed by atoms with Crippen LogP contribution in [0.25, 0.3) is 11.1 Å². The first-order chi connectivity index (χ1) is 13.6. The molecule has 0 atom stereocenters. The van der Waals surface area contributed by atoms with Crippen LogP contribution in [0.3, 0.4) is 0 Å². The smallest absolute Gasteiger partial charge is 0.262 e. The molecule has 0 unspecified atom stereocenters. The van der Waals surface area contributed by atoms with Gasteiger partial charge in [-0.25, -0.2) is 9.37 Å². The zero-order valence-electron chi connectivity index (χ0n) is 15.7. The first kappa shape index (κ1) is 18.2. The Bertz CT molecular complexity index is 1030. The lowest BCUT2D eigenvalue weighted by atomic mass is 10.1. The molecule has 0 radical (unpaired) electrons.